The van der Waals surface area contributed by atoms with Crippen molar-refractivity contribution < 1.29 is 14.0 Å². The van der Waals surface area contributed by atoms with Gasteiger partial charge in [-0.15, -0.1) is 0 Å². The van der Waals surface area contributed by atoms with Crippen molar-refractivity contribution in [3.05, 3.63) is 59.7 Å². The van der Waals surface area contributed by atoms with Crippen molar-refractivity contribution in [3.63, 3.8) is 0 Å². The molecule has 6 heteroatoms. The Morgan fingerprint density at radius 3 is 2.11 bits per heavy atom. The normalized spacial score (nSPS) is 14.0. The summed E-state index contributed by atoms with van der Waals surface area (Å²) in [4.78, 5) is 12.4. The Kier molecular flexibility index (Phi) is 6.20. The summed E-state index contributed by atoms with van der Waals surface area (Å²) >= 11 is 5.38. The number of hydrogen-bond acceptors (Lipinski definition) is 4. The van der Waals surface area contributed by atoms with Gasteiger partial charge in [0.05, 0.1) is 6.04 Å². The Morgan fingerprint density at radius 2 is 1.61 bits per heavy atom. The number of thiocarbonyl (C=S) groups is 1. The minimum absolute atomic E-state index is 0.0448. The quantitative estimate of drug-likeness (QED) is 0.503. The van der Waals surface area contributed by atoms with Crippen molar-refractivity contribution >= 4 is 31.7 Å². The second-order valence-electron chi connectivity index (χ2n) is 7.96. The molecule has 1 amide bonds. The van der Waals surface area contributed by atoms with Gasteiger partial charge < -0.3 is 14.5 Å². The van der Waals surface area contributed by atoms with Gasteiger partial charge in [-0.05, 0) is 60.5 Å². The summed E-state index contributed by atoms with van der Waals surface area (Å²) in [5, 5.41) is 3.30. The molecule has 1 aliphatic carbocycles. The minimum Gasteiger partial charge on any atom is -0.538 e. The second-order valence-corrected chi connectivity index (χ2v) is 12.8. The average Bonchev–Trinajstić information content (AvgIpc) is 2.97. The molecule has 28 heavy (non-hydrogen) atoms. The van der Waals surface area contributed by atoms with Gasteiger partial charge in [-0.2, -0.15) is 0 Å². The first-order valence-electron chi connectivity index (χ1n) is 9.64. The molecular weight excluding hydrogens is 386 g/mol. The fraction of sp³-hybridized carbons (Fsp3) is 0.364. The van der Waals surface area contributed by atoms with E-state index in [1.807, 2.05) is 31.2 Å². The molecule has 0 aromatic heterocycles. The van der Waals surface area contributed by atoms with E-state index in [0.717, 1.165) is 0 Å². The SMILES string of the molecule is CCC(NC(=O)OCC1c2ccccc2-c2ccccc21)C(=S)O[Si](C)(C)C. The maximum Gasteiger partial charge on any atom is 0.407 e. The van der Waals surface area contributed by atoms with Crippen LogP contribution >= 0.6 is 12.2 Å². The molecule has 0 saturated heterocycles. The van der Waals surface area contributed by atoms with Gasteiger partial charge in [-0.25, -0.2) is 4.79 Å². The molecule has 1 atom stereocenters. The maximum absolute atomic E-state index is 12.4. The van der Waals surface area contributed by atoms with Gasteiger partial charge in [0.1, 0.15) is 6.61 Å². The van der Waals surface area contributed by atoms with Crippen molar-refractivity contribution in [1.82, 2.24) is 5.32 Å². The first-order chi connectivity index (χ1) is 13.3. The molecule has 0 fully saturated rings. The Morgan fingerprint density at radius 1 is 1.07 bits per heavy atom. The number of ether oxygens (including phenoxy) is 1. The van der Waals surface area contributed by atoms with Gasteiger partial charge in [0, 0.05) is 5.92 Å². The van der Waals surface area contributed by atoms with E-state index in [9.17, 15) is 4.79 Å². The van der Waals surface area contributed by atoms with Crippen LogP contribution in [-0.2, 0) is 9.16 Å². The standard InChI is InChI=1S/C22H27NO3SSi/c1-5-20(21(27)26-28(2,3)4)23-22(24)25-14-19-17-12-8-6-10-15(17)16-11-7-9-13-18(16)19/h6-13,19-20H,5,14H2,1-4H3,(H,23,24). The molecule has 2 aromatic rings. The van der Waals surface area contributed by atoms with Crippen LogP contribution in [0, 0.1) is 0 Å². The van der Waals surface area contributed by atoms with Gasteiger partial charge in [-0.1, -0.05) is 55.5 Å². The Bertz CT molecular complexity index is 833. The molecule has 0 heterocycles. The molecule has 0 bridgehead atoms. The zero-order chi connectivity index (χ0) is 20.3. The molecule has 4 nitrogen and oxygen atoms in total. The van der Waals surface area contributed by atoms with Gasteiger partial charge in [0.25, 0.3) is 0 Å². The Hall–Kier alpha value is -2.18. The van der Waals surface area contributed by atoms with Crippen molar-refractivity contribution in [2.24, 2.45) is 0 Å². The zero-order valence-electron chi connectivity index (χ0n) is 16.8. The molecule has 148 valence electrons. The van der Waals surface area contributed by atoms with Crippen LogP contribution in [-0.4, -0.2) is 32.1 Å². The van der Waals surface area contributed by atoms with Gasteiger partial charge >= 0.3 is 6.09 Å². The highest BCUT2D eigenvalue weighted by molar-refractivity contribution is 7.80. The summed E-state index contributed by atoms with van der Waals surface area (Å²) in [6.45, 7) is 8.46. The Labute approximate surface area is 173 Å². The summed E-state index contributed by atoms with van der Waals surface area (Å²) in [7, 11) is -1.80. The van der Waals surface area contributed by atoms with E-state index in [0.29, 0.717) is 11.5 Å². The predicted molar refractivity (Wildman–Crippen MR) is 119 cm³/mol. The number of rotatable bonds is 6. The van der Waals surface area contributed by atoms with Crippen LogP contribution in [0.25, 0.3) is 11.1 Å². The van der Waals surface area contributed by atoms with Crippen LogP contribution in [0.15, 0.2) is 48.5 Å². The van der Waals surface area contributed by atoms with Crippen molar-refractivity contribution in [1.29, 1.82) is 0 Å². The predicted octanol–water partition coefficient (Wildman–Crippen LogP) is 5.48. The molecular formula is C22H27NO3SSi. The molecule has 0 radical (unpaired) electrons. The maximum atomic E-state index is 12.4. The van der Waals surface area contributed by atoms with Crippen molar-refractivity contribution in [3.8, 4) is 11.1 Å². The monoisotopic (exact) mass is 413 g/mol. The van der Waals surface area contributed by atoms with Crippen LogP contribution in [0.4, 0.5) is 4.79 Å². The number of nitrogens with one attached hydrogen (secondary N) is 1. The summed E-state index contributed by atoms with van der Waals surface area (Å²) in [5.74, 6) is 0.0448. The lowest BCUT2D eigenvalue weighted by molar-refractivity contribution is 0.140. The van der Waals surface area contributed by atoms with Gasteiger partial charge in [0.2, 0.25) is 8.32 Å². The smallest absolute Gasteiger partial charge is 0.407 e. The van der Waals surface area contributed by atoms with E-state index in [1.54, 1.807) is 0 Å². The first-order valence-corrected chi connectivity index (χ1v) is 13.5. The highest BCUT2D eigenvalue weighted by Crippen LogP contribution is 2.44. The average molecular weight is 414 g/mol. The number of fused-ring (bicyclic) bond motifs is 3. The molecule has 1 N–H and O–H groups in total. The van der Waals surface area contributed by atoms with Gasteiger partial charge in [0.15, 0.2) is 5.05 Å². The fourth-order valence-electron chi connectivity index (χ4n) is 3.48. The second kappa shape index (κ2) is 8.45. The molecule has 0 saturated carbocycles. The number of alkyl carbamates (subject to hydrolysis) is 1. The van der Waals surface area contributed by atoms with E-state index in [2.05, 4.69) is 49.2 Å². The van der Waals surface area contributed by atoms with E-state index < -0.39 is 14.4 Å². The Balaban J connectivity index is 1.65. The highest BCUT2D eigenvalue weighted by Gasteiger charge is 2.30. The van der Waals surface area contributed by atoms with Crippen LogP contribution in [0.5, 0.6) is 0 Å². The molecule has 2 aromatic carbocycles. The number of amides is 1. The number of carbonyl (C=O) groups is 1. The third-order valence-electron chi connectivity index (χ3n) is 4.74. The molecule has 0 aliphatic heterocycles. The first kappa shape index (κ1) is 20.5. The lowest BCUT2D eigenvalue weighted by Gasteiger charge is -2.25. The van der Waals surface area contributed by atoms with Gasteiger partial charge in [-0.3, -0.25) is 0 Å². The van der Waals surface area contributed by atoms with E-state index in [-0.39, 0.29) is 18.6 Å². The molecule has 0 spiro atoms. The minimum atomic E-state index is -1.80. The van der Waals surface area contributed by atoms with E-state index in [1.165, 1.54) is 22.3 Å². The lowest BCUT2D eigenvalue weighted by atomic mass is 9.98. The highest BCUT2D eigenvalue weighted by atomic mass is 32.1. The van der Waals surface area contributed by atoms with E-state index in [4.69, 9.17) is 21.4 Å². The molecule has 3 rings (SSSR count). The van der Waals surface area contributed by atoms with Crippen molar-refractivity contribution in [2.45, 2.75) is 44.9 Å². The topological polar surface area (TPSA) is 47.6 Å². The van der Waals surface area contributed by atoms with Crippen molar-refractivity contribution in [2.75, 3.05) is 6.61 Å². The van der Waals surface area contributed by atoms with E-state index >= 15 is 0 Å². The third kappa shape index (κ3) is 4.62. The van der Waals surface area contributed by atoms with Crippen LogP contribution in [0.3, 0.4) is 0 Å². The lowest BCUT2D eigenvalue weighted by Crippen LogP contribution is -2.44. The summed E-state index contributed by atoms with van der Waals surface area (Å²) in [5.41, 5.74) is 4.81. The molecule has 1 unspecified atom stereocenters. The largest absolute Gasteiger partial charge is 0.538 e. The zero-order valence-corrected chi connectivity index (χ0v) is 18.6. The summed E-state index contributed by atoms with van der Waals surface area (Å²) in [6, 6.07) is 16.3. The summed E-state index contributed by atoms with van der Waals surface area (Å²) in [6.07, 6.45) is 0.197. The molecule has 1 aliphatic rings. The third-order valence-corrected chi connectivity index (χ3v) is 6.08. The number of hydrogen-bond donors (Lipinski definition) is 1. The number of benzene rings is 2. The van der Waals surface area contributed by atoms with Crippen LogP contribution in [0.2, 0.25) is 19.6 Å². The number of carbonyl (C=O) groups excluding carboxylic acids is 1. The van der Waals surface area contributed by atoms with Crippen LogP contribution < -0.4 is 5.32 Å². The fourth-order valence-corrected chi connectivity index (χ4v) is 5.20. The summed E-state index contributed by atoms with van der Waals surface area (Å²) < 4.78 is 11.5. The van der Waals surface area contributed by atoms with Crippen LogP contribution in [0.1, 0.15) is 30.4 Å².